The van der Waals surface area contributed by atoms with Crippen molar-refractivity contribution in [1.82, 2.24) is 4.90 Å². The minimum absolute atomic E-state index is 0. The van der Waals surface area contributed by atoms with E-state index in [2.05, 4.69) is 46.4 Å². The largest absolute Gasteiger partial charge is 0.455 e. The van der Waals surface area contributed by atoms with Crippen molar-refractivity contribution in [2.24, 2.45) is 17.8 Å². The van der Waals surface area contributed by atoms with Gasteiger partial charge in [0.25, 0.3) is 0 Å². The van der Waals surface area contributed by atoms with E-state index in [4.69, 9.17) is 9.47 Å². The summed E-state index contributed by atoms with van der Waals surface area (Å²) in [7, 11) is 0. The highest BCUT2D eigenvalue weighted by atomic mass is 35.5. The molecule has 0 fully saturated rings. The molecule has 1 aromatic carbocycles. The number of rotatable bonds is 12. The highest BCUT2D eigenvalue weighted by molar-refractivity contribution is 5.89. The van der Waals surface area contributed by atoms with Crippen LogP contribution in [0.3, 0.4) is 0 Å². The van der Waals surface area contributed by atoms with Gasteiger partial charge in [-0.1, -0.05) is 59.7 Å². The van der Waals surface area contributed by atoms with Crippen molar-refractivity contribution in [2.45, 2.75) is 47.6 Å². The second-order valence-electron chi connectivity index (χ2n) is 8.33. The molecule has 0 amide bonds. The van der Waals surface area contributed by atoms with Gasteiger partial charge in [0.2, 0.25) is 0 Å². The summed E-state index contributed by atoms with van der Waals surface area (Å²) in [6.07, 6.45) is -0.265. The van der Waals surface area contributed by atoms with Crippen LogP contribution in [0.15, 0.2) is 30.3 Å². The predicted octanol–water partition coefficient (Wildman–Crippen LogP) is 4.92. The van der Waals surface area contributed by atoms with Crippen LogP contribution >= 0.6 is 12.4 Å². The second kappa shape index (κ2) is 14.0. The van der Waals surface area contributed by atoms with Crippen molar-refractivity contribution in [2.75, 3.05) is 32.8 Å². The Morgan fingerprint density at radius 3 is 1.89 bits per heavy atom. The number of carbonyl (C=O) groups excluding carboxylic acids is 1. The molecule has 27 heavy (non-hydrogen) atoms. The van der Waals surface area contributed by atoms with Crippen LogP contribution < -0.4 is 0 Å². The smallest absolute Gasteiger partial charge is 0.338 e. The predicted molar refractivity (Wildman–Crippen MR) is 115 cm³/mol. The molecular formula is C22H38ClNO3. The average molecular weight is 400 g/mol. The molecule has 0 radical (unpaired) electrons. The summed E-state index contributed by atoms with van der Waals surface area (Å²) in [6, 6.07) is 9.17. The Labute approximate surface area is 172 Å². The molecule has 1 aromatic rings. The molecule has 0 spiro atoms. The zero-order valence-corrected chi connectivity index (χ0v) is 18.6. The average Bonchev–Trinajstić information content (AvgIpc) is 2.53. The Morgan fingerprint density at radius 1 is 0.852 bits per heavy atom. The molecule has 0 saturated heterocycles. The molecule has 0 heterocycles. The minimum Gasteiger partial charge on any atom is -0.455 e. The van der Waals surface area contributed by atoms with Crippen LogP contribution in [0.2, 0.25) is 0 Å². The van der Waals surface area contributed by atoms with Crippen molar-refractivity contribution in [1.29, 1.82) is 0 Å². The van der Waals surface area contributed by atoms with Crippen LogP contribution in [0.4, 0.5) is 0 Å². The molecule has 1 rings (SSSR count). The molecule has 1 atom stereocenters. The van der Waals surface area contributed by atoms with E-state index in [1.165, 1.54) is 0 Å². The standard InChI is InChI=1S/C22H37NO3.ClH/c1-17(2)12-23(13-18(3)4)14-21(16-25-15-19(5)6)26-22(24)20-10-8-7-9-11-20;/h7-11,17-19,21H,12-16H2,1-6H3;1H. The first kappa shape index (κ1) is 25.9. The van der Waals surface area contributed by atoms with Gasteiger partial charge in [0.05, 0.1) is 12.2 Å². The maximum absolute atomic E-state index is 12.5. The molecule has 1 unspecified atom stereocenters. The second-order valence-corrected chi connectivity index (χ2v) is 8.33. The topological polar surface area (TPSA) is 38.8 Å². The van der Waals surface area contributed by atoms with Crippen molar-refractivity contribution in [3.63, 3.8) is 0 Å². The van der Waals surface area contributed by atoms with Crippen molar-refractivity contribution in [3.05, 3.63) is 35.9 Å². The van der Waals surface area contributed by atoms with Crippen LogP contribution in [-0.2, 0) is 9.47 Å². The fourth-order valence-corrected chi connectivity index (χ4v) is 2.90. The number of esters is 1. The molecule has 0 bridgehead atoms. The highest BCUT2D eigenvalue weighted by Crippen LogP contribution is 2.10. The zero-order valence-electron chi connectivity index (χ0n) is 17.8. The molecule has 0 N–H and O–H groups in total. The zero-order chi connectivity index (χ0) is 19.5. The number of halogens is 1. The number of hydrogen-bond donors (Lipinski definition) is 0. The molecule has 5 heteroatoms. The number of ether oxygens (including phenoxy) is 2. The fraction of sp³-hybridized carbons (Fsp3) is 0.682. The highest BCUT2D eigenvalue weighted by Gasteiger charge is 2.21. The van der Waals surface area contributed by atoms with Gasteiger partial charge in [-0.2, -0.15) is 0 Å². The number of nitrogens with zero attached hydrogens (tertiary/aromatic N) is 1. The van der Waals surface area contributed by atoms with Crippen molar-refractivity contribution < 1.29 is 14.3 Å². The van der Waals surface area contributed by atoms with Gasteiger partial charge in [0, 0.05) is 26.2 Å². The summed E-state index contributed by atoms with van der Waals surface area (Å²) in [6.45, 7) is 16.9. The maximum atomic E-state index is 12.5. The summed E-state index contributed by atoms with van der Waals surface area (Å²) in [5.41, 5.74) is 0.584. The fourth-order valence-electron chi connectivity index (χ4n) is 2.90. The monoisotopic (exact) mass is 399 g/mol. The van der Waals surface area contributed by atoms with E-state index < -0.39 is 0 Å². The van der Waals surface area contributed by atoms with Gasteiger partial charge in [0.15, 0.2) is 0 Å². The Morgan fingerprint density at radius 2 is 1.41 bits per heavy atom. The summed E-state index contributed by atoms with van der Waals surface area (Å²) >= 11 is 0. The quantitative estimate of drug-likeness (QED) is 0.467. The Bertz CT molecular complexity index is 496. The number of hydrogen-bond acceptors (Lipinski definition) is 4. The molecule has 0 aliphatic heterocycles. The van der Waals surface area contributed by atoms with Gasteiger partial charge >= 0.3 is 5.97 Å². The SMILES string of the molecule is CC(C)COCC(CN(CC(C)C)CC(C)C)OC(=O)c1ccccc1.Cl. The van der Waals surface area contributed by atoms with Crippen LogP contribution in [-0.4, -0.2) is 49.8 Å². The van der Waals surface area contributed by atoms with E-state index in [1.54, 1.807) is 12.1 Å². The first-order valence-corrected chi connectivity index (χ1v) is 9.84. The van der Waals surface area contributed by atoms with Crippen molar-refractivity contribution in [3.8, 4) is 0 Å². The van der Waals surface area contributed by atoms with Gasteiger partial charge in [-0.15, -0.1) is 12.4 Å². The van der Waals surface area contributed by atoms with E-state index in [0.717, 1.165) is 13.1 Å². The lowest BCUT2D eigenvalue weighted by Gasteiger charge is -2.30. The van der Waals surface area contributed by atoms with Gasteiger partial charge in [-0.05, 0) is 29.9 Å². The number of carbonyl (C=O) groups is 1. The maximum Gasteiger partial charge on any atom is 0.338 e. The third-order valence-electron chi connectivity index (χ3n) is 3.75. The first-order chi connectivity index (χ1) is 12.3. The van der Waals surface area contributed by atoms with E-state index >= 15 is 0 Å². The minimum atomic E-state index is -0.280. The third kappa shape index (κ3) is 12.1. The molecule has 4 nitrogen and oxygen atoms in total. The van der Waals surface area contributed by atoms with Gasteiger partial charge in [-0.25, -0.2) is 4.79 Å². The molecule has 156 valence electrons. The third-order valence-corrected chi connectivity index (χ3v) is 3.75. The van der Waals surface area contributed by atoms with Crippen molar-refractivity contribution >= 4 is 18.4 Å². The molecule has 0 aliphatic carbocycles. The Balaban J connectivity index is 0.00000676. The lowest BCUT2D eigenvalue weighted by Crippen LogP contribution is -2.41. The van der Waals surface area contributed by atoms with Crippen LogP contribution in [0.5, 0.6) is 0 Å². The van der Waals surface area contributed by atoms with Crippen LogP contribution in [0.25, 0.3) is 0 Å². The molecule has 0 aliphatic rings. The van der Waals surface area contributed by atoms with E-state index in [-0.39, 0.29) is 24.5 Å². The summed E-state index contributed by atoms with van der Waals surface area (Å²) in [5.74, 6) is 1.31. The van der Waals surface area contributed by atoms with Gasteiger partial charge < -0.3 is 9.47 Å². The summed E-state index contributed by atoms with van der Waals surface area (Å²) in [4.78, 5) is 14.9. The van der Waals surface area contributed by atoms with E-state index in [1.807, 2.05) is 18.2 Å². The first-order valence-electron chi connectivity index (χ1n) is 9.84. The van der Waals surface area contributed by atoms with E-state index in [9.17, 15) is 4.79 Å². The lowest BCUT2D eigenvalue weighted by atomic mass is 10.1. The van der Waals surface area contributed by atoms with Crippen LogP contribution in [0.1, 0.15) is 51.9 Å². The summed E-state index contributed by atoms with van der Waals surface area (Å²) < 4.78 is 11.6. The number of benzene rings is 1. The molecule has 0 aromatic heterocycles. The van der Waals surface area contributed by atoms with E-state index in [0.29, 0.717) is 43.1 Å². The normalized spacial score (nSPS) is 12.5. The molecule has 0 saturated carbocycles. The van der Waals surface area contributed by atoms with Gasteiger partial charge in [0.1, 0.15) is 6.10 Å². The van der Waals surface area contributed by atoms with Crippen LogP contribution in [0, 0.1) is 17.8 Å². The Hall–Kier alpha value is -1.10. The Kier molecular flexibility index (Phi) is 13.4. The van der Waals surface area contributed by atoms with Gasteiger partial charge in [-0.3, -0.25) is 4.90 Å². The molecular weight excluding hydrogens is 362 g/mol. The lowest BCUT2D eigenvalue weighted by molar-refractivity contribution is -0.0225. The summed E-state index contributed by atoms with van der Waals surface area (Å²) in [5, 5.41) is 0.